The lowest BCUT2D eigenvalue weighted by molar-refractivity contribution is 1.31. The first-order chi connectivity index (χ1) is 8.09. The van der Waals surface area contributed by atoms with Gasteiger partial charge in [-0.05, 0) is 24.3 Å². The van der Waals surface area contributed by atoms with E-state index in [2.05, 4.69) is 25.3 Å². The molecule has 0 aliphatic carbocycles. The zero-order valence-electron chi connectivity index (χ0n) is 8.92. The van der Waals surface area contributed by atoms with Crippen molar-refractivity contribution in [3.8, 4) is 0 Å². The summed E-state index contributed by atoms with van der Waals surface area (Å²) in [5, 5.41) is 0. The van der Waals surface area contributed by atoms with Crippen molar-refractivity contribution in [3.05, 3.63) is 36.4 Å². The standard InChI is InChI=1S/C12H12N2S3/c13-11-7(15)3-1-5-9(11)17-10-6-2-4-8(16)12(10)14/h1-6,15-16H,13-14H2. The maximum atomic E-state index is 5.96. The minimum Gasteiger partial charge on any atom is -0.397 e. The minimum atomic E-state index is 0.671. The zero-order chi connectivity index (χ0) is 12.4. The van der Waals surface area contributed by atoms with Crippen molar-refractivity contribution in [1.82, 2.24) is 0 Å². The van der Waals surface area contributed by atoms with Gasteiger partial charge in [-0.3, -0.25) is 0 Å². The summed E-state index contributed by atoms with van der Waals surface area (Å²) in [6.07, 6.45) is 0. The molecule has 2 rings (SSSR count). The maximum absolute atomic E-state index is 5.96. The fraction of sp³-hybridized carbons (Fsp3) is 0. The molecule has 2 aromatic carbocycles. The topological polar surface area (TPSA) is 52.0 Å². The third kappa shape index (κ3) is 2.68. The van der Waals surface area contributed by atoms with E-state index in [0.29, 0.717) is 11.4 Å². The molecular formula is C12H12N2S3. The van der Waals surface area contributed by atoms with E-state index in [1.807, 2.05) is 36.4 Å². The summed E-state index contributed by atoms with van der Waals surface area (Å²) >= 11 is 10.1. The molecule has 0 saturated heterocycles. The highest BCUT2D eigenvalue weighted by Crippen LogP contribution is 2.39. The van der Waals surface area contributed by atoms with Crippen LogP contribution in [0.25, 0.3) is 0 Å². The number of nitrogens with two attached hydrogens (primary N) is 2. The van der Waals surface area contributed by atoms with E-state index in [0.717, 1.165) is 19.6 Å². The molecule has 2 nitrogen and oxygen atoms in total. The van der Waals surface area contributed by atoms with Crippen LogP contribution in [0.5, 0.6) is 0 Å². The molecule has 0 aliphatic rings. The highest BCUT2D eigenvalue weighted by molar-refractivity contribution is 7.99. The Balaban J connectivity index is 2.38. The Morgan fingerprint density at radius 2 is 1.18 bits per heavy atom. The number of thiol groups is 2. The first-order valence-electron chi connectivity index (χ1n) is 4.92. The first kappa shape index (κ1) is 12.5. The Morgan fingerprint density at radius 3 is 1.59 bits per heavy atom. The summed E-state index contributed by atoms with van der Waals surface area (Å²) in [5.74, 6) is 0. The molecule has 0 atom stereocenters. The van der Waals surface area contributed by atoms with Crippen LogP contribution in [0, 0.1) is 0 Å². The highest BCUT2D eigenvalue weighted by atomic mass is 32.2. The predicted molar refractivity (Wildman–Crippen MR) is 80.3 cm³/mol. The van der Waals surface area contributed by atoms with Gasteiger partial charge in [0.1, 0.15) is 0 Å². The molecular weight excluding hydrogens is 268 g/mol. The molecule has 17 heavy (non-hydrogen) atoms. The van der Waals surface area contributed by atoms with Gasteiger partial charge in [0, 0.05) is 19.6 Å². The normalized spacial score (nSPS) is 10.5. The van der Waals surface area contributed by atoms with E-state index < -0.39 is 0 Å². The molecule has 0 aliphatic heterocycles. The lowest BCUT2D eigenvalue weighted by Crippen LogP contribution is -1.93. The molecule has 2 aromatic rings. The second-order valence-corrected chi connectivity index (χ2v) is 5.53. The summed E-state index contributed by atoms with van der Waals surface area (Å²) in [6.45, 7) is 0. The van der Waals surface area contributed by atoms with Crippen LogP contribution >= 0.6 is 37.0 Å². The second-order valence-electron chi connectivity index (χ2n) is 3.48. The molecule has 5 heteroatoms. The van der Waals surface area contributed by atoms with Crippen LogP contribution in [0.1, 0.15) is 0 Å². The average Bonchev–Trinajstić information content (AvgIpc) is 2.31. The SMILES string of the molecule is Nc1c(S)cccc1Sc1cccc(S)c1N. The third-order valence-corrected chi connectivity index (χ3v) is 4.24. The van der Waals surface area contributed by atoms with E-state index in [1.54, 1.807) is 0 Å². The van der Waals surface area contributed by atoms with Gasteiger partial charge in [0.25, 0.3) is 0 Å². The van der Waals surface area contributed by atoms with Crippen LogP contribution in [-0.4, -0.2) is 0 Å². The van der Waals surface area contributed by atoms with Crippen molar-refractivity contribution < 1.29 is 0 Å². The van der Waals surface area contributed by atoms with Gasteiger partial charge in [-0.1, -0.05) is 23.9 Å². The summed E-state index contributed by atoms with van der Waals surface area (Å²) < 4.78 is 0. The lowest BCUT2D eigenvalue weighted by Gasteiger charge is -2.10. The minimum absolute atomic E-state index is 0.671. The maximum Gasteiger partial charge on any atom is 0.0591 e. The van der Waals surface area contributed by atoms with Crippen LogP contribution in [0.2, 0.25) is 0 Å². The van der Waals surface area contributed by atoms with Crippen molar-refractivity contribution in [2.24, 2.45) is 0 Å². The molecule has 0 heterocycles. The van der Waals surface area contributed by atoms with E-state index in [4.69, 9.17) is 11.5 Å². The fourth-order valence-corrected chi connectivity index (χ4v) is 2.90. The molecule has 4 N–H and O–H groups in total. The Bertz CT molecular complexity index is 506. The van der Waals surface area contributed by atoms with Crippen molar-refractivity contribution in [3.63, 3.8) is 0 Å². The zero-order valence-corrected chi connectivity index (χ0v) is 11.5. The number of hydrogen-bond donors (Lipinski definition) is 4. The number of rotatable bonds is 2. The molecule has 0 aromatic heterocycles. The fourth-order valence-electron chi connectivity index (χ4n) is 1.36. The van der Waals surface area contributed by atoms with Crippen LogP contribution in [0.4, 0.5) is 11.4 Å². The van der Waals surface area contributed by atoms with Gasteiger partial charge in [0.05, 0.1) is 11.4 Å². The van der Waals surface area contributed by atoms with Crippen LogP contribution in [0.15, 0.2) is 56.0 Å². The highest BCUT2D eigenvalue weighted by Gasteiger charge is 2.08. The van der Waals surface area contributed by atoms with Gasteiger partial charge in [-0.25, -0.2) is 0 Å². The van der Waals surface area contributed by atoms with Gasteiger partial charge in [-0.2, -0.15) is 0 Å². The largest absolute Gasteiger partial charge is 0.397 e. The molecule has 0 spiro atoms. The Labute approximate surface area is 116 Å². The number of benzene rings is 2. The van der Waals surface area contributed by atoms with Crippen LogP contribution < -0.4 is 11.5 Å². The molecule has 0 bridgehead atoms. The molecule has 88 valence electrons. The van der Waals surface area contributed by atoms with Gasteiger partial charge in [0.15, 0.2) is 0 Å². The summed E-state index contributed by atoms with van der Waals surface area (Å²) in [7, 11) is 0. The van der Waals surface area contributed by atoms with E-state index in [9.17, 15) is 0 Å². The number of para-hydroxylation sites is 2. The molecule has 0 radical (unpaired) electrons. The van der Waals surface area contributed by atoms with Crippen LogP contribution in [0.3, 0.4) is 0 Å². The van der Waals surface area contributed by atoms with Crippen molar-refractivity contribution in [2.75, 3.05) is 11.5 Å². The second kappa shape index (κ2) is 5.16. The Morgan fingerprint density at radius 1 is 0.765 bits per heavy atom. The lowest BCUT2D eigenvalue weighted by atomic mass is 10.3. The number of nitrogen functional groups attached to an aromatic ring is 2. The smallest absolute Gasteiger partial charge is 0.0591 e. The first-order valence-corrected chi connectivity index (χ1v) is 6.63. The van der Waals surface area contributed by atoms with E-state index in [-0.39, 0.29) is 0 Å². The molecule has 0 fully saturated rings. The molecule has 0 saturated carbocycles. The summed E-state index contributed by atoms with van der Waals surface area (Å²) in [6, 6.07) is 11.5. The average molecular weight is 280 g/mol. The monoisotopic (exact) mass is 280 g/mol. The van der Waals surface area contributed by atoms with Gasteiger partial charge in [-0.15, -0.1) is 25.3 Å². The Hall–Kier alpha value is -0.910. The molecule has 0 unspecified atom stereocenters. The van der Waals surface area contributed by atoms with Gasteiger partial charge < -0.3 is 11.5 Å². The molecule has 0 amide bonds. The van der Waals surface area contributed by atoms with Crippen LogP contribution in [-0.2, 0) is 0 Å². The predicted octanol–water partition coefficient (Wildman–Crippen LogP) is 3.58. The van der Waals surface area contributed by atoms with Crippen molar-refractivity contribution in [1.29, 1.82) is 0 Å². The van der Waals surface area contributed by atoms with Crippen molar-refractivity contribution in [2.45, 2.75) is 19.6 Å². The third-order valence-electron chi connectivity index (χ3n) is 2.31. The van der Waals surface area contributed by atoms with E-state index in [1.165, 1.54) is 11.8 Å². The van der Waals surface area contributed by atoms with Gasteiger partial charge >= 0.3 is 0 Å². The number of anilines is 2. The number of hydrogen-bond acceptors (Lipinski definition) is 5. The van der Waals surface area contributed by atoms with E-state index >= 15 is 0 Å². The van der Waals surface area contributed by atoms with Gasteiger partial charge in [0.2, 0.25) is 0 Å². The quantitative estimate of drug-likeness (QED) is 0.502. The Kier molecular flexibility index (Phi) is 3.81. The summed E-state index contributed by atoms with van der Waals surface area (Å²) in [4.78, 5) is 3.44. The summed E-state index contributed by atoms with van der Waals surface area (Å²) in [5.41, 5.74) is 13.3. The van der Waals surface area contributed by atoms with Crippen molar-refractivity contribution >= 4 is 48.4 Å².